The lowest BCUT2D eigenvalue weighted by atomic mass is 9.87. The van der Waals surface area contributed by atoms with Gasteiger partial charge in [-0.3, -0.25) is 4.79 Å². The number of phenols is 1. The van der Waals surface area contributed by atoms with Crippen LogP contribution in [-0.4, -0.2) is 28.8 Å². The Morgan fingerprint density at radius 3 is 2.63 bits per heavy atom. The molecule has 4 heteroatoms. The van der Waals surface area contributed by atoms with Crippen LogP contribution >= 0.6 is 0 Å². The van der Waals surface area contributed by atoms with Crippen LogP contribution in [0.15, 0.2) is 18.2 Å². The normalized spacial score (nSPS) is 13.1. The number of rotatable bonds is 5. The van der Waals surface area contributed by atoms with E-state index in [1.165, 1.54) is 6.07 Å². The van der Waals surface area contributed by atoms with E-state index in [1.54, 1.807) is 19.1 Å². The van der Waals surface area contributed by atoms with Crippen LogP contribution in [0.2, 0.25) is 0 Å². The van der Waals surface area contributed by atoms with Gasteiger partial charge in [0.2, 0.25) is 0 Å². The summed E-state index contributed by atoms with van der Waals surface area (Å²) in [6.07, 6.45) is 0.201. The van der Waals surface area contributed by atoms with Gasteiger partial charge in [0, 0.05) is 6.54 Å². The van der Waals surface area contributed by atoms with Crippen LogP contribution in [0.3, 0.4) is 0 Å². The monoisotopic (exact) mass is 265 g/mol. The third kappa shape index (κ3) is 4.91. The van der Waals surface area contributed by atoms with Gasteiger partial charge in [-0.15, -0.1) is 0 Å². The zero-order chi connectivity index (χ0) is 14.6. The van der Waals surface area contributed by atoms with E-state index in [9.17, 15) is 15.0 Å². The van der Waals surface area contributed by atoms with Crippen molar-refractivity contribution < 1.29 is 15.0 Å². The van der Waals surface area contributed by atoms with Crippen LogP contribution in [0.4, 0.5) is 0 Å². The molecule has 1 atom stereocenters. The lowest BCUT2D eigenvalue weighted by Gasteiger charge is -2.26. The van der Waals surface area contributed by atoms with Gasteiger partial charge < -0.3 is 15.5 Å². The second-order valence-corrected chi connectivity index (χ2v) is 5.92. The Balaban J connectivity index is 2.68. The highest BCUT2D eigenvalue weighted by molar-refractivity contribution is 5.97. The summed E-state index contributed by atoms with van der Waals surface area (Å²) < 4.78 is 0. The molecule has 4 nitrogen and oxygen atoms in total. The minimum Gasteiger partial charge on any atom is -0.507 e. The quantitative estimate of drug-likeness (QED) is 0.764. The summed E-state index contributed by atoms with van der Waals surface area (Å²) in [5.74, 6) is -0.309. The molecule has 0 radical (unpaired) electrons. The average molecular weight is 265 g/mol. The molecule has 3 N–H and O–H groups in total. The van der Waals surface area contributed by atoms with Crippen LogP contribution in [0, 0.1) is 12.3 Å². The number of hydrogen-bond acceptors (Lipinski definition) is 3. The van der Waals surface area contributed by atoms with Gasteiger partial charge in [-0.05, 0) is 37.8 Å². The highest BCUT2D eigenvalue weighted by Gasteiger charge is 2.22. The van der Waals surface area contributed by atoms with E-state index >= 15 is 0 Å². The third-order valence-corrected chi connectivity index (χ3v) is 2.97. The summed E-state index contributed by atoms with van der Waals surface area (Å²) in [7, 11) is 0. The second-order valence-electron chi connectivity index (χ2n) is 5.92. The number of aromatic hydroxyl groups is 1. The molecule has 0 aliphatic heterocycles. The van der Waals surface area contributed by atoms with Gasteiger partial charge in [-0.2, -0.15) is 0 Å². The van der Waals surface area contributed by atoms with Crippen molar-refractivity contribution >= 4 is 5.91 Å². The van der Waals surface area contributed by atoms with E-state index in [0.29, 0.717) is 13.0 Å². The lowest BCUT2D eigenvalue weighted by Crippen LogP contribution is -2.35. The first kappa shape index (κ1) is 15.5. The van der Waals surface area contributed by atoms with Crippen molar-refractivity contribution in [3.8, 4) is 5.75 Å². The number of aryl methyl sites for hydroxylation is 1. The topological polar surface area (TPSA) is 69.6 Å². The van der Waals surface area contributed by atoms with Gasteiger partial charge in [0.25, 0.3) is 5.91 Å². The first-order valence-electron chi connectivity index (χ1n) is 6.47. The van der Waals surface area contributed by atoms with Crippen molar-refractivity contribution in [2.75, 3.05) is 6.54 Å². The Labute approximate surface area is 114 Å². The Hall–Kier alpha value is -1.55. The Kier molecular flexibility index (Phi) is 4.95. The first-order chi connectivity index (χ1) is 8.71. The zero-order valence-corrected chi connectivity index (χ0v) is 12.0. The number of nitrogens with one attached hydrogen (secondary N) is 1. The molecular formula is C15H23NO3. The number of phenolic OH excluding ortho intramolecular Hbond substituents is 1. The van der Waals surface area contributed by atoms with E-state index in [4.69, 9.17) is 0 Å². The molecule has 1 rings (SSSR count). The summed E-state index contributed by atoms with van der Waals surface area (Å²) in [5.41, 5.74) is 1.02. The molecule has 0 saturated heterocycles. The first-order valence-corrected chi connectivity index (χ1v) is 6.47. The smallest absolute Gasteiger partial charge is 0.255 e. The molecule has 0 bridgehead atoms. The van der Waals surface area contributed by atoms with Crippen LogP contribution in [-0.2, 0) is 0 Å². The fourth-order valence-corrected chi connectivity index (χ4v) is 2.12. The Morgan fingerprint density at radius 1 is 1.42 bits per heavy atom. The molecule has 1 amide bonds. The van der Waals surface area contributed by atoms with E-state index < -0.39 is 6.10 Å². The van der Waals surface area contributed by atoms with E-state index in [1.807, 2.05) is 20.8 Å². The van der Waals surface area contributed by atoms with Crippen molar-refractivity contribution in [2.45, 2.75) is 40.2 Å². The summed E-state index contributed by atoms with van der Waals surface area (Å²) in [6, 6.07) is 4.93. The van der Waals surface area contributed by atoms with Crippen molar-refractivity contribution in [3.05, 3.63) is 29.3 Å². The van der Waals surface area contributed by atoms with Crippen molar-refractivity contribution in [3.63, 3.8) is 0 Å². The van der Waals surface area contributed by atoms with Gasteiger partial charge in [-0.25, -0.2) is 0 Å². The fourth-order valence-electron chi connectivity index (χ4n) is 2.12. The molecular weight excluding hydrogens is 242 g/mol. The standard InChI is InChI=1S/C15H23NO3/c1-10-5-6-13(18)12(7-10)14(19)16-9-15(3,4)8-11(2)17/h5-7,11,17-18H,8-9H2,1-4H3,(H,16,19). The molecule has 0 fully saturated rings. The number of amides is 1. The molecule has 106 valence electrons. The molecule has 0 aliphatic carbocycles. The lowest BCUT2D eigenvalue weighted by molar-refractivity contribution is 0.0899. The van der Waals surface area contributed by atoms with Crippen LogP contribution < -0.4 is 5.32 Å². The predicted octanol–water partition coefficient (Wildman–Crippen LogP) is 2.23. The molecule has 1 aromatic rings. The number of hydrogen-bond donors (Lipinski definition) is 3. The minimum atomic E-state index is -0.403. The summed E-state index contributed by atoms with van der Waals surface area (Å²) in [5, 5.41) is 21.9. The summed E-state index contributed by atoms with van der Waals surface area (Å²) in [4.78, 5) is 12.0. The largest absolute Gasteiger partial charge is 0.507 e. The molecule has 0 aromatic heterocycles. The fraction of sp³-hybridized carbons (Fsp3) is 0.533. The maximum absolute atomic E-state index is 12.0. The van der Waals surface area contributed by atoms with Gasteiger partial charge in [-0.1, -0.05) is 25.5 Å². The second kappa shape index (κ2) is 6.06. The highest BCUT2D eigenvalue weighted by atomic mass is 16.3. The van der Waals surface area contributed by atoms with Gasteiger partial charge >= 0.3 is 0 Å². The average Bonchev–Trinajstić information content (AvgIpc) is 2.27. The molecule has 1 unspecified atom stereocenters. The molecule has 0 saturated carbocycles. The van der Waals surface area contributed by atoms with Gasteiger partial charge in [0.15, 0.2) is 0 Å². The number of aliphatic hydroxyl groups is 1. The van der Waals surface area contributed by atoms with E-state index in [0.717, 1.165) is 5.56 Å². The number of carbonyl (C=O) groups excluding carboxylic acids is 1. The van der Waals surface area contributed by atoms with Crippen molar-refractivity contribution in [2.24, 2.45) is 5.41 Å². The molecule has 0 heterocycles. The Bertz CT molecular complexity index is 453. The van der Waals surface area contributed by atoms with Gasteiger partial charge in [0.05, 0.1) is 11.7 Å². The van der Waals surface area contributed by atoms with Crippen LogP contribution in [0.1, 0.15) is 43.1 Å². The number of benzene rings is 1. The van der Waals surface area contributed by atoms with E-state index in [2.05, 4.69) is 5.32 Å². The van der Waals surface area contributed by atoms with Crippen molar-refractivity contribution in [1.82, 2.24) is 5.32 Å². The molecule has 0 spiro atoms. The number of aliphatic hydroxyl groups excluding tert-OH is 1. The van der Waals surface area contributed by atoms with Gasteiger partial charge in [0.1, 0.15) is 5.75 Å². The van der Waals surface area contributed by atoms with Crippen molar-refractivity contribution in [1.29, 1.82) is 0 Å². The van der Waals surface area contributed by atoms with E-state index in [-0.39, 0.29) is 22.6 Å². The van der Waals surface area contributed by atoms with Crippen LogP contribution in [0.25, 0.3) is 0 Å². The number of carbonyl (C=O) groups is 1. The third-order valence-electron chi connectivity index (χ3n) is 2.97. The molecule has 1 aromatic carbocycles. The summed E-state index contributed by atoms with van der Waals surface area (Å²) >= 11 is 0. The molecule has 0 aliphatic rings. The maximum Gasteiger partial charge on any atom is 0.255 e. The van der Waals surface area contributed by atoms with Crippen LogP contribution in [0.5, 0.6) is 5.75 Å². The predicted molar refractivity (Wildman–Crippen MR) is 75.3 cm³/mol. The summed E-state index contributed by atoms with van der Waals surface area (Å²) in [6.45, 7) is 8.01. The minimum absolute atomic E-state index is 0.0172. The molecule has 19 heavy (non-hydrogen) atoms. The highest BCUT2D eigenvalue weighted by Crippen LogP contribution is 2.22. The zero-order valence-electron chi connectivity index (χ0n) is 12.0. The SMILES string of the molecule is Cc1ccc(O)c(C(=O)NCC(C)(C)CC(C)O)c1. The Morgan fingerprint density at radius 2 is 2.05 bits per heavy atom. The maximum atomic E-state index is 12.0.